The van der Waals surface area contributed by atoms with Gasteiger partial charge in [-0.25, -0.2) is 0 Å². The van der Waals surface area contributed by atoms with E-state index in [2.05, 4.69) is 15.5 Å². The van der Waals surface area contributed by atoms with Crippen LogP contribution in [0.5, 0.6) is 0 Å². The second-order valence-corrected chi connectivity index (χ2v) is 5.94. The number of rotatable bonds is 3. The third-order valence-electron chi connectivity index (χ3n) is 2.82. The molecule has 0 spiro atoms. The molecule has 1 amide bonds. The molecule has 0 bridgehead atoms. The van der Waals surface area contributed by atoms with Gasteiger partial charge in [-0.2, -0.15) is 0 Å². The molecule has 1 N–H and O–H groups in total. The monoisotopic (exact) mass is 306 g/mol. The number of halogens is 1. The number of nitrogens with zero attached hydrogens (tertiary/aromatic N) is 3. The van der Waals surface area contributed by atoms with Crippen molar-refractivity contribution in [2.24, 2.45) is 0 Å². The minimum absolute atomic E-state index is 0.131. The van der Waals surface area contributed by atoms with Crippen LogP contribution in [0.25, 0.3) is 10.9 Å². The number of carbonyl (C=O) groups excluding carboxylic acids is 1. The number of amides is 1. The van der Waals surface area contributed by atoms with Gasteiger partial charge in [0.1, 0.15) is 11.6 Å². The molecule has 0 atom stereocenters. The molecule has 3 aromatic rings. The Hall–Kier alpha value is -1.92. The molecule has 0 aliphatic heterocycles. The lowest BCUT2D eigenvalue weighted by molar-refractivity contribution is -0.116. The van der Waals surface area contributed by atoms with Gasteiger partial charge in [-0.1, -0.05) is 22.9 Å². The first kappa shape index (κ1) is 13.1. The zero-order chi connectivity index (χ0) is 14.1. The van der Waals surface area contributed by atoms with Crippen LogP contribution in [0.1, 0.15) is 5.01 Å². The Bertz CT molecular complexity index is 780. The van der Waals surface area contributed by atoms with E-state index in [1.807, 2.05) is 42.0 Å². The van der Waals surface area contributed by atoms with Gasteiger partial charge in [0.15, 0.2) is 0 Å². The quantitative estimate of drug-likeness (QED) is 0.809. The van der Waals surface area contributed by atoms with Gasteiger partial charge >= 0.3 is 0 Å². The largest absolute Gasteiger partial charge is 0.338 e. The second-order valence-electron chi connectivity index (χ2n) is 4.32. The predicted octanol–water partition coefficient (Wildman–Crippen LogP) is 3.09. The summed E-state index contributed by atoms with van der Waals surface area (Å²) >= 11 is 7.29. The van der Waals surface area contributed by atoms with Crippen molar-refractivity contribution in [1.29, 1.82) is 0 Å². The number of carbonyl (C=O) groups is 1. The van der Waals surface area contributed by atoms with Crippen molar-refractivity contribution in [1.82, 2.24) is 14.8 Å². The Morgan fingerprint density at radius 3 is 3.00 bits per heavy atom. The van der Waals surface area contributed by atoms with Crippen LogP contribution < -0.4 is 5.32 Å². The third-order valence-corrected chi connectivity index (χ3v) is 3.81. The van der Waals surface area contributed by atoms with Gasteiger partial charge in [0.05, 0.1) is 0 Å². The van der Waals surface area contributed by atoms with Gasteiger partial charge in [0.2, 0.25) is 11.0 Å². The molecule has 2 heterocycles. The number of anilines is 1. The van der Waals surface area contributed by atoms with Gasteiger partial charge in [-0.05, 0) is 31.2 Å². The van der Waals surface area contributed by atoms with Gasteiger partial charge in [0, 0.05) is 22.1 Å². The van der Waals surface area contributed by atoms with Crippen LogP contribution >= 0.6 is 22.9 Å². The lowest BCUT2D eigenvalue weighted by Crippen LogP contribution is -2.18. The van der Waals surface area contributed by atoms with Crippen LogP contribution in [0.4, 0.5) is 5.13 Å². The Morgan fingerprint density at radius 1 is 1.40 bits per heavy atom. The molecule has 7 heteroatoms. The van der Waals surface area contributed by atoms with E-state index in [0.717, 1.165) is 15.9 Å². The number of fused-ring (bicyclic) bond motifs is 1. The van der Waals surface area contributed by atoms with E-state index in [1.54, 1.807) is 0 Å². The van der Waals surface area contributed by atoms with Crippen LogP contribution in [0.2, 0.25) is 5.02 Å². The number of benzene rings is 1. The lowest BCUT2D eigenvalue weighted by atomic mass is 10.2. The van der Waals surface area contributed by atoms with Crippen molar-refractivity contribution in [3.05, 3.63) is 40.5 Å². The number of aromatic nitrogens is 3. The van der Waals surface area contributed by atoms with Crippen molar-refractivity contribution < 1.29 is 4.79 Å². The summed E-state index contributed by atoms with van der Waals surface area (Å²) in [7, 11) is 0. The summed E-state index contributed by atoms with van der Waals surface area (Å²) in [5.41, 5.74) is 0.970. The molecule has 2 aromatic heterocycles. The SMILES string of the molecule is Cc1nnc(NC(=O)Cn2ccc3cc(Cl)ccc32)s1. The molecule has 0 aliphatic carbocycles. The van der Waals surface area contributed by atoms with Crippen molar-refractivity contribution in [3.8, 4) is 0 Å². The first-order valence-corrected chi connectivity index (χ1v) is 7.15. The van der Waals surface area contributed by atoms with E-state index >= 15 is 0 Å². The fourth-order valence-electron chi connectivity index (χ4n) is 1.97. The Labute approximate surface area is 124 Å². The average molecular weight is 307 g/mol. The highest BCUT2D eigenvalue weighted by Crippen LogP contribution is 2.20. The first-order chi connectivity index (χ1) is 9.61. The predicted molar refractivity (Wildman–Crippen MR) is 80.2 cm³/mol. The van der Waals surface area contributed by atoms with E-state index < -0.39 is 0 Å². The van der Waals surface area contributed by atoms with Crippen LogP contribution in [0.15, 0.2) is 30.5 Å². The van der Waals surface area contributed by atoms with Crippen LogP contribution in [-0.4, -0.2) is 20.7 Å². The highest BCUT2D eigenvalue weighted by molar-refractivity contribution is 7.15. The molecule has 1 aromatic carbocycles. The zero-order valence-electron chi connectivity index (χ0n) is 10.6. The second kappa shape index (κ2) is 5.22. The standard InChI is InChI=1S/C13H11ClN4OS/c1-8-16-17-13(20-8)15-12(19)7-18-5-4-9-6-10(14)2-3-11(9)18/h2-6H,7H2,1H3,(H,15,17,19). The Balaban J connectivity index is 1.77. The van der Waals surface area contributed by atoms with Crippen molar-refractivity contribution in [3.63, 3.8) is 0 Å². The van der Waals surface area contributed by atoms with Gasteiger partial charge in [0.25, 0.3) is 0 Å². The highest BCUT2D eigenvalue weighted by Gasteiger charge is 2.09. The summed E-state index contributed by atoms with van der Waals surface area (Å²) in [5, 5.41) is 13.5. The normalized spacial score (nSPS) is 10.9. The summed E-state index contributed by atoms with van der Waals surface area (Å²) in [4.78, 5) is 12.0. The van der Waals surface area contributed by atoms with E-state index in [0.29, 0.717) is 10.2 Å². The molecule has 20 heavy (non-hydrogen) atoms. The summed E-state index contributed by atoms with van der Waals surface area (Å²) in [6.07, 6.45) is 1.87. The Morgan fingerprint density at radius 2 is 2.25 bits per heavy atom. The Kier molecular flexibility index (Phi) is 3.42. The minimum Gasteiger partial charge on any atom is -0.338 e. The van der Waals surface area contributed by atoms with E-state index in [1.165, 1.54) is 11.3 Å². The lowest BCUT2D eigenvalue weighted by Gasteiger charge is -2.05. The molecule has 0 fully saturated rings. The molecule has 0 aliphatic rings. The molecule has 0 radical (unpaired) electrons. The first-order valence-electron chi connectivity index (χ1n) is 5.96. The zero-order valence-corrected chi connectivity index (χ0v) is 12.2. The summed E-state index contributed by atoms with van der Waals surface area (Å²) in [5.74, 6) is -0.131. The molecular formula is C13H11ClN4OS. The average Bonchev–Trinajstić information content (AvgIpc) is 2.96. The van der Waals surface area contributed by atoms with Crippen molar-refractivity contribution in [2.75, 3.05) is 5.32 Å². The molecule has 0 unspecified atom stereocenters. The highest BCUT2D eigenvalue weighted by atomic mass is 35.5. The molecule has 102 valence electrons. The topological polar surface area (TPSA) is 59.8 Å². The van der Waals surface area contributed by atoms with E-state index in [4.69, 9.17) is 11.6 Å². The van der Waals surface area contributed by atoms with Crippen molar-refractivity contribution >= 4 is 44.9 Å². The smallest absolute Gasteiger partial charge is 0.246 e. The van der Waals surface area contributed by atoms with Crippen molar-refractivity contribution in [2.45, 2.75) is 13.5 Å². The third kappa shape index (κ3) is 2.66. The number of hydrogen-bond donors (Lipinski definition) is 1. The number of hydrogen-bond acceptors (Lipinski definition) is 4. The fraction of sp³-hybridized carbons (Fsp3) is 0.154. The van der Waals surface area contributed by atoms with Gasteiger partial charge < -0.3 is 4.57 Å². The van der Waals surface area contributed by atoms with Crippen LogP contribution in [0.3, 0.4) is 0 Å². The maximum absolute atomic E-state index is 12.0. The number of nitrogens with one attached hydrogen (secondary N) is 1. The fourth-order valence-corrected chi connectivity index (χ4v) is 2.76. The molecule has 0 saturated heterocycles. The van der Waals surface area contributed by atoms with E-state index in [-0.39, 0.29) is 12.5 Å². The molecule has 0 saturated carbocycles. The maximum Gasteiger partial charge on any atom is 0.246 e. The number of aryl methyl sites for hydroxylation is 1. The summed E-state index contributed by atoms with van der Waals surface area (Å²) in [6.45, 7) is 2.07. The molecule has 3 rings (SSSR count). The van der Waals surface area contributed by atoms with Crippen LogP contribution in [-0.2, 0) is 11.3 Å². The van der Waals surface area contributed by atoms with Crippen LogP contribution in [0, 0.1) is 6.92 Å². The maximum atomic E-state index is 12.0. The molecular weight excluding hydrogens is 296 g/mol. The molecule has 5 nitrogen and oxygen atoms in total. The van der Waals surface area contributed by atoms with Gasteiger partial charge in [-0.15, -0.1) is 10.2 Å². The summed E-state index contributed by atoms with van der Waals surface area (Å²) < 4.78 is 1.87. The summed E-state index contributed by atoms with van der Waals surface area (Å²) in [6, 6.07) is 7.52. The van der Waals surface area contributed by atoms with E-state index in [9.17, 15) is 4.79 Å². The van der Waals surface area contributed by atoms with Gasteiger partial charge in [-0.3, -0.25) is 10.1 Å². The minimum atomic E-state index is -0.131.